The van der Waals surface area contributed by atoms with Crippen LogP contribution in [-0.4, -0.2) is 52.8 Å². The van der Waals surface area contributed by atoms with Crippen molar-refractivity contribution in [3.8, 4) is 0 Å². The van der Waals surface area contributed by atoms with Gasteiger partial charge in [-0.15, -0.1) is 0 Å². The highest BCUT2D eigenvalue weighted by Crippen LogP contribution is 2.58. The second-order valence-electron chi connectivity index (χ2n) is 4.18. The second-order valence-corrected chi connectivity index (χ2v) is 5.89. The normalized spacial score (nSPS) is 13.4. The molecule has 0 radical (unpaired) electrons. The van der Waals surface area contributed by atoms with Gasteiger partial charge in [0.25, 0.3) is 0 Å². The molecule has 0 fully saturated rings. The minimum Gasteiger partial charge on any atom is -0.322 e. The molecule has 17 heavy (non-hydrogen) atoms. The number of hydrogen-bond donors (Lipinski definition) is 2. The lowest BCUT2D eigenvalue weighted by Gasteiger charge is -2.44. The average Bonchev–Trinajstić information content (AvgIpc) is 2.16. The molecule has 0 aromatic carbocycles. The van der Waals surface area contributed by atoms with Gasteiger partial charge in [0.1, 0.15) is 0 Å². The SMILES string of the molecule is CN(C)C(c1ccccn1)(N(C)C)P(=O)(O)O. The summed E-state index contributed by atoms with van der Waals surface area (Å²) in [7, 11) is 2.02. The Bertz CT molecular complexity index is 408. The number of hydrogen-bond acceptors (Lipinski definition) is 4. The molecule has 0 spiro atoms. The first-order valence-electron chi connectivity index (χ1n) is 5.06. The van der Waals surface area contributed by atoms with E-state index in [1.165, 1.54) is 16.0 Å². The Labute approximate surface area is 101 Å². The van der Waals surface area contributed by atoms with E-state index in [0.717, 1.165) is 0 Å². The minimum absolute atomic E-state index is 0.323. The summed E-state index contributed by atoms with van der Waals surface area (Å²) in [5, 5.41) is -1.55. The van der Waals surface area contributed by atoms with Gasteiger partial charge >= 0.3 is 7.60 Å². The molecule has 0 bridgehead atoms. The van der Waals surface area contributed by atoms with Gasteiger partial charge in [0.15, 0.2) is 0 Å². The van der Waals surface area contributed by atoms with E-state index in [0.29, 0.717) is 5.69 Å². The zero-order valence-corrected chi connectivity index (χ0v) is 11.3. The van der Waals surface area contributed by atoms with Crippen molar-refractivity contribution in [3.63, 3.8) is 0 Å². The van der Waals surface area contributed by atoms with Gasteiger partial charge in [-0.3, -0.25) is 19.3 Å². The molecule has 0 aliphatic carbocycles. The lowest BCUT2D eigenvalue weighted by atomic mass is 10.2. The van der Waals surface area contributed by atoms with Crippen LogP contribution in [0.5, 0.6) is 0 Å². The van der Waals surface area contributed by atoms with Gasteiger partial charge in [-0.05, 0) is 40.3 Å². The fourth-order valence-electron chi connectivity index (χ4n) is 2.09. The second kappa shape index (κ2) is 4.84. The monoisotopic (exact) mass is 259 g/mol. The smallest absolute Gasteiger partial charge is 0.322 e. The number of pyridine rings is 1. The molecule has 1 rings (SSSR count). The molecular formula is C10H18N3O3P. The van der Waals surface area contributed by atoms with Crippen molar-refractivity contribution >= 4 is 7.60 Å². The van der Waals surface area contributed by atoms with Crippen LogP contribution < -0.4 is 0 Å². The Kier molecular flexibility index (Phi) is 4.06. The van der Waals surface area contributed by atoms with Crippen LogP contribution in [-0.2, 0) is 9.97 Å². The van der Waals surface area contributed by atoms with Crippen molar-refractivity contribution < 1.29 is 14.4 Å². The Morgan fingerprint density at radius 1 is 1.18 bits per heavy atom. The standard InChI is InChI=1S/C10H18N3O3P/c1-12(2)10(13(3)4,17(14,15)16)9-7-5-6-8-11-9/h5-8H,1-4H3,(H2,14,15,16). The van der Waals surface area contributed by atoms with Crippen molar-refractivity contribution in [1.29, 1.82) is 0 Å². The third-order valence-corrected chi connectivity index (χ3v) is 4.50. The Balaban J connectivity index is 3.54. The molecule has 0 aliphatic rings. The molecule has 1 aromatic rings. The molecule has 6 nitrogen and oxygen atoms in total. The topological polar surface area (TPSA) is 76.9 Å². The fraction of sp³-hybridized carbons (Fsp3) is 0.500. The summed E-state index contributed by atoms with van der Waals surface area (Å²) < 4.78 is 11.9. The summed E-state index contributed by atoms with van der Waals surface area (Å²) >= 11 is 0. The van der Waals surface area contributed by atoms with E-state index in [1.54, 1.807) is 46.4 Å². The first-order chi connectivity index (χ1) is 7.74. The Morgan fingerprint density at radius 2 is 1.71 bits per heavy atom. The summed E-state index contributed by atoms with van der Waals surface area (Å²) in [6.07, 6.45) is 1.52. The van der Waals surface area contributed by atoms with Gasteiger partial charge in [-0.2, -0.15) is 0 Å². The largest absolute Gasteiger partial charge is 0.366 e. The van der Waals surface area contributed by atoms with Gasteiger partial charge in [-0.25, -0.2) is 0 Å². The van der Waals surface area contributed by atoms with Crippen molar-refractivity contribution in [2.75, 3.05) is 28.2 Å². The third-order valence-electron chi connectivity index (χ3n) is 2.66. The van der Waals surface area contributed by atoms with Gasteiger partial charge < -0.3 is 9.79 Å². The number of aromatic nitrogens is 1. The van der Waals surface area contributed by atoms with Gasteiger partial charge in [-0.1, -0.05) is 6.07 Å². The van der Waals surface area contributed by atoms with Crippen LogP contribution in [0.3, 0.4) is 0 Å². The van der Waals surface area contributed by atoms with Crippen molar-refractivity contribution in [3.05, 3.63) is 30.1 Å². The van der Waals surface area contributed by atoms with Crippen molar-refractivity contribution in [1.82, 2.24) is 14.8 Å². The molecule has 0 saturated heterocycles. The molecule has 0 unspecified atom stereocenters. The molecule has 1 aromatic heterocycles. The zero-order chi connectivity index (χ0) is 13.3. The summed E-state index contributed by atoms with van der Waals surface area (Å²) in [6, 6.07) is 5.03. The van der Waals surface area contributed by atoms with Crippen LogP contribution in [0.4, 0.5) is 0 Å². The van der Waals surface area contributed by atoms with E-state index >= 15 is 0 Å². The van der Waals surface area contributed by atoms with E-state index in [-0.39, 0.29) is 0 Å². The summed E-state index contributed by atoms with van der Waals surface area (Å²) in [5.41, 5.74) is 0.323. The summed E-state index contributed by atoms with van der Waals surface area (Å²) in [6.45, 7) is 0. The lowest BCUT2D eigenvalue weighted by molar-refractivity contribution is 0.0485. The fourth-order valence-corrected chi connectivity index (χ4v) is 3.56. The first kappa shape index (κ1) is 14.3. The van der Waals surface area contributed by atoms with Crippen molar-refractivity contribution in [2.24, 2.45) is 0 Å². The van der Waals surface area contributed by atoms with E-state index in [1.807, 2.05) is 0 Å². The van der Waals surface area contributed by atoms with E-state index in [9.17, 15) is 14.4 Å². The zero-order valence-electron chi connectivity index (χ0n) is 10.4. The highest BCUT2D eigenvalue weighted by atomic mass is 31.2. The first-order valence-corrected chi connectivity index (χ1v) is 6.68. The minimum atomic E-state index is -4.45. The maximum atomic E-state index is 11.9. The molecule has 1 heterocycles. The van der Waals surface area contributed by atoms with Gasteiger partial charge in [0.05, 0.1) is 5.69 Å². The molecule has 0 aliphatic heterocycles. The number of rotatable bonds is 4. The highest BCUT2D eigenvalue weighted by Gasteiger charge is 2.53. The Morgan fingerprint density at radius 3 is 2.00 bits per heavy atom. The van der Waals surface area contributed by atoms with Gasteiger partial charge in [0.2, 0.25) is 5.40 Å². The maximum Gasteiger partial charge on any atom is 0.366 e. The molecule has 0 saturated carbocycles. The molecule has 2 N–H and O–H groups in total. The van der Waals surface area contributed by atoms with Crippen LogP contribution >= 0.6 is 7.60 Å². The summed E-state index contributed by atoms with van der Waals surface area (Å²) in [4.78, 5) is 26.5. The molecular weight excluding hydrogens is 241 g/mol. The summed E-state index contributed by atoms with van der Waals surface area (Å²) in [5.74, 6) is 0. The molecule has 0 amide bonds. The van der Waals surface area contributed by atoms with E-state index in [2.05, 4.69) is 4.98 Å². The van der Waals surface area contributed by atoms with Crippen LogP contribution in [0.1, 0.15) is 5.69 Å². The van der Waals surface area contributed by atoms with Crippen LogP contribution in [0, 0.1) is 0 Å². The molecule has 0 atom stereocenters. The van der Waals surface area contributed by atoms with Crippen LogP contribution in [0.2, 0.25) is 0 Å². The van der Waals surface area contributed by atoms with Crippen LogP contribution in [0.15, 0.2) is 24.4 Å². The van der Waals surface area contributed by atoms with E-state index < -0.39 is 13.0 Å². The van der Waals surface area contributed by atoms with E-state index in [4.69, 9.17) is 0 Å². The predicted molar refractivity (Wildman–Crippen MR) is 65.3 cm³/mol. The molecule has 96 valence electrons. The van der Waals surface area contributed by atoms with Crippen molar-refractivity contribution in [2.45, 2.75) is 5.40 Å². The number of nitrogens with zero attached hydrogens (tertiary/aromatic N) is 3. The predicted octanol–water partition coefficient (Wildman–Crippen LogP) is 0.493. The Hall–Kier alpha value is -0.780. The average molecular weight is 259 g/mol. The maximum absolute atomic E-state index is 11.9. The van der Waals surface area contributed by atoms with Gasteiger partial charge in [0, 0.05) is 6.20 Å². The highest BCUT2D eigenvalue weighted by molar-refractivity contribution is 7.53. The quantitative estimate of drug-likeness (QED) is 0.605. The van der Waals surface area contributed by atoms with Crippen LogP contribution in [0.25, 0.3) is 0 Å². The third kappa shape index (κ3) is 2.27. The lowest BCUT2D eigenvalue weighted by Crippen LogP contribution is -2.52. The molecule has 7 heteroatoms.